The van der Waals surface area contributed by atoms with Crippen LogP contribution >= 0.6 is 0 Å². The van der Waals surface area contributed by atoms with Gasteiger partial charge < -0.3 is 25.4 Å². The summed E-state index contributed by atoms with van der Waals surface area (Å²) in [5, 5.41) is 8.60. The number of amides is 2. The predicted molar refractivity (Wildman–Crippen MR) is 106 cm³/mol. The summed E-state index contributed by atoms with van der Waals surface area (Å²) in [6, 6.07) is 10.7. The normalized spacial score (nSPS) is 10.2. The maximum Gasteiger partial charge on any atom is 0.257 e. The van der Waals surface area contributed by atoms with Crippen molar-refractivity contribution in [2.75, 3.05) is 38.4 Å². The SMILES string of the molecule is CNCCc1ccc(NC(=O)c2cc(OC)c(OC)cc2NC(C)=O)cc1. The molecule has 0 saturated carbocycles. The fraction of sp³-hybridized carbons (Fsp3) is 0.300. The van der Waals surface area contributed by atoms with Crippen LogP contribution in [0.2, 0.25) is 0 Å². The molecule has 0 fully saturated rings. The Morgan fingerprint density at radius 1 is 0.963 bits per heavy atom. The highest BCUT2D eigenvalue weighted by Crippen LogP contribution is 2.33. The molecule has 7 nitrogen and oxygen atoms in total. The molecule has 144 valence electrons. The van der Waals surface area contributed by atoms with Crippen molar-refractivity contribution in [2.24, 2.45) is 0 Å². The molecular formula is C20H25N3O4. The predicted octanol–water partition coefficient (Wildman–Crippen LogP) is 2.68. The summed E-state index contributed by atoms with van der Waals surface area (Å²) in [6.45, 7) is 2.26. The zero-order valence-electron chi connectivity index (χ0n) is 16.0. The van der Waals surface area contributed by atoms with Crippen LogP contribution in [0, 0.1) is 0 Å². The molecule has 2 amide bonds. The highest BCUT2D eigenvalue weighted by Gasteiger charge is 2.18. The number of benzene rings is 2. The lowest BCUT2D eigenvalue weighted by Gasteiger charge is -2.15. The van der Waals surface area contributed by atoms with Gasteiger partial charge in [0.15, 0.2) is 11.5 Å². The van der Waals surface area contributed by atoms with Crippen molar-refractivity contribution in [2.45, 2.75) is 13.3 Å². The van der Waals surface area contributed by atoms with Crippen LogP contribution in [0.4, 0.5) is 11.4 Å². The molecule has 2 rings (SSSR count). The van der Waals surface area contributed by atoms with Crippen LogP contribution in [0.15, 0.2) is 36.4 Å². The summed E-state index contributed by atoms with van der Waals surface area (Å²) >= 11 is 0. The smallest absolute Gasteiger partial charge is 0.257 e. The number of ether oxygens (including phenoxy) is 2. The van der Waals surface area contributed by atoms with E-state index in [9.17, 15) is 9.59 Å². The highest BCUT2D eigenvalue weighted by atomic mass is 16.5. The minimum Gasteiger partial charge on any atom is -0.493 e. The topological polar surface area (TPSA) is 88.7 Å². The van der Waals surface area contributed by atoms with E-state index in [4.69, 9.17) is 9.47 Å². The Kier molecular flexibility index (Phi) is 7.19. The third-order valence-corrected chi connectivity index (χ3v) is 3.95. The monoisotopic (exact) mass is 371 g/mol. The van der Waals surface area contributed by atoms with Crippen molar-refractivity contribution in [1.82, 2.24) is 5.32 Å². The van der Waals surface area contributed by atoms with Crippen LogP contribution in [-0.4, -0.2) is 39.6 Å². The van der Waals surface area contributed by atoms with Crippen LogP contribution in [0.25, 0.3) is 0 Å². The van der Waals surface area contributed by atoms with E-state index in [2.05, 4.69) is 16.0 Å². The molecule has 3 N–H and O–H groups in total. The summed E-state index contributed by atoms with van der Waals surface area (Å²) in [6.07, 6.45) is 0.910. The first kappa shape index (κ1) is 20.3. The van der Waals surface area contributed by atoms with Crippen LogP contribution in [0.5, 0.6) is 11.5 Å². The molecular weight excluding hydrogens is 346 g/mol. The summed E-state index contributed by atoms with van der Waals surface area (Å²) in [5.74, 6) is 0.179. The number of nitrogens with one attached hydrogen (secondary N) is 3. The molecule has 0 aliphatic rings. The second-order valence-electron chi connectivity index (χ2n) is 5.94. The summed E-state index contributed by atoms with van der Waals surface area (Å²) in [7, 11) is 4.89. The first-order chi connectivity index (χ1) is 13.0. The molecule has 0 aliphatic heterocycles. The third-order valence-electron chi connectivity index (χ3n) is 3.95. The van der Waals surface area contributed by atoms with Gasteiger partial charge in [0.1, 0.15) is 0 Å². The maximum absolute atomic E-state index is 12.8. The number of rotatable bonds is 8. The molecule has 0 spiro atoms. The Bertz CT molecular complexity index is 804. The zero-order chi connectivity index (χ0) is 19.8. The van der Waals surface area contributed by atoms with E-state index in [1.807, 2.05) is 31.3 Å². The lowest BCUT2D eigenvalue weighted by atomic mass is 10.1. The van der Waals surface area contributed by atoms with E-state index in [0.29, 0.717) is 22.9 Å². The van der Waals surface area contributed by atoms with E-state index in [1.54, 1.807) is 12.1 Å². The van der Waals surface area contributed by atoms with Crippen LogP contribution in [0.3, 0.4) is 0 Å². The van der Waals surface area contributed by atoms with Gasteiger partial charge in [-0.25, -0.2) is 0 Å². The van der Waals surface area contributed by atoms with Crippen molar-refractivity contribution in [1.29, 1.82) is 0 Å². The van der Waals surface area contributed by atoms with E-state index in [0.717, 1.165) is 13.0 Å². The quantitative estimate of drug-likeness (QED) is 0.664. The molecule has 2 aromatic carbocycles. The van der Waals surface area contributed by atoms with Gasteiger partial charge in [-0.2, -0.15) is 0 Å². The molecule has 27 heavy (non-hydrogen) atoms. The number of carbonyl (C=O) groups excluding carboxylic acids is 2. The van der Waals surface area contributed by atoms with Crippen LogP contribution < -0.4 is 25.4 Å². The van der Waals surface area contributed by atoms with Gasteiger partial charge in [-0.3, -0.25) is 9.59 Å². The van der Waals surface area contributed by atoms with Gasteiger partial charge in [-0.05, 0) is 43.8 Å². The lowest BCUT2D eigenvalue weighted by molar-refractivity contribution is -0.114. The van der Waals surface area contributed by atoms with Gasteiger partial charge >= 0.3 is 0 Å². The molecule has 0 heterocycles. The van der Waals surface area contributed by atoms with Crippen molar-refractivity contribution >= 4 is 23.2 Å². The zero-order valence-corrected chi connectivity index (χ0v) is 16.0. The van der Waals surface area contributed by atoms with Crippen molar-refractivity contribution in [3.8, 4) is 11.5 Å². The fourth-order valence-electron chi connectivity index (χ4n) is 2.58. The van der Waals surface area contributed by atoms with E-state index < -0.39 is 0 Å². The second kappa shape index (κ2) is 9.59. The van der Waals surface area contributed by atoms with Crippen molar-refractivity contribution < 1.29 is 19.1 Å². The summed E-state index contributed by atoms with van der Waals surface area (Å²) < 4.78 is 10.5. The van der Waals surface area contributed by atoms with Gasteiger partial charge in [0, 0.05) is 18.7 Å². The number of carbonyl (C=O) groups is 2. The molecule has 0 saturated heterocycles. The average molecular weight is 371 g/mol. The molecule has 0 atom stereocenters. The molecule has 0 aliphatic carbocycles. The highest BCUT2D eigenvalue weighted by molar-refractivity contribution is 6.10. The summed E-state index contributed by atoms with van der Waals surface area (Å²) in [5.41, 5.74) is 2.47. The van der Waals surface area contributed by atoms with Gasteiger partial charge in [0.05, 0.1) is 25.5 Å². The van der Waals surface area contributed by atoms with E-state index >= 15 is 0 Å². The Hall–Kier alpha value is -3.06. The molecule has 7 heteroatoms. The first-order valence-corrected chi connectivity index (χ1v) is 8.57. The minimum atomic E-state index is -0.359. The minimum absolute atomic E-state index is 0.280. The molecule has 0 unspecified atom stereocenters. The molecule has 2 aromatic rings. The largest absolute Gasteiger partial charge is 0.493 e. The Labute approximate surface area is 159 Å². The fourth-order valence-corrected chi connectivity index (χ4v) is 2.58. The molecule has 0 aromatic heterocycles. The van der Waals surface area contributed by atoms with Gasteiger partial charge in [0.25, 0.3) is 5.91 Å². The average Bonchev–Trinajstić information content (AvgIpc) is 2.66. The lowest BCUT2D eigenvalue weighted by Crippen LogP contribution is -2.17. The number of hydrogen-bond donors (Lipinski definition) is 3. The van der Waals surface area contributed by atoms with E-state index in [-0.39, 0.29) is 17.4 Å². The molecule has 0 radical (unpaired) electrons. The number of likely N-dealkylation sites (N-methyl/N-ethyl adjacent to an activating group) is 1. The van der Waals surface area contributed by atoms with Gasteiger partial charge in [-0.15, -0.1) is 0 Å². The number of hydrogen-bond acceptors (Lipinski definition) is 5. The summed E-state index contributed by atoms with van der Waals surface area (Å²) in [4.78, 5) is 24.3. The Morgan fingerprint density at radius 2 is 1.59 bits per heavy atom. The molecule has 0 bridgehead atoms. The van der Waals surface area contributed by atoms with Crippen molar-refractivity contribution in [3.63, 3.8) is 0 Å². The Balaban J connectivity index is 2.26. The van der Waals surface area contributed by atoms with E-state index in [1.165, 1.54) is 26.7 Å². The van der Waals surface area contributed by atoms with Gasteiger partial charge in [-0.1, -0.05) is 12.1 Å². The number of methoxy groups -OCH3 is 2. The van der Waals surface area contributed by atoms with Crippen LogP contribution in [-0.2, 0) is 11.2 Å². The van der Waals surface area contributed by atoms with Gasteiger partial charge in [0.2, 0.25) is 5.91 Å². The standard InChI is InChI=1S/C20H25N3O4/c1-13(24)22-17-12-19(27-4)18(26-3)11-16(17)20(25)23-15-7-5-14(6-8-15)9-10-21-2/h5-8,11-12,21H,9-10H2,1-4H3,(H,22,24)(H,23,25). The Morgan fingerprint density at radius 3 is 2.15 bits per heavy atom. The second-order valence-corrected chi connectivity index (χ2v) is 5.94. The first-order valence-electron chi connectivity index (χ1n) is 8.57. The van der Waals surface area contributed by atoms with Crippen molar-refractivity contribution in [3.05, 3.63) is 47.5 Å². The maximum atomic E-state index is 12.8. The van der Waals surface area contributed by atoms with Crippen LogP contribution in [0.1, 0.15) is 22.8 Å². The number of anilines is 2. The third kappa shape index (κ3) is 5.46.